The van der Waals surface area contributed by atoms with E-state index < -0.39 is 0 Å². The molecule has 1 aliphatic heterocycles. The zero-order chi connectivity index (χ0) is 12.5. The molecule has 96 valence electrons. The molecule has 4 nitrogen and oxygen atoms in total. The van der Waals surface area contributed by atoms with Crippen molar-refractivity contribution in [3.05, 3.63) is 29.0 Å². The minimum absolute atomic E-state index is 0.0538. The SMILES string of the molecule is O=C1COCC(c2cnccc2Cl)N1CC1CC1. The summed E-state index contributed by atoms with van der Waals surface area (Å²) in [5.41, 5.74) is 0.882. The molecule has 1 aliphatic carbocycles. The average Bonchev–Trinajstić information content (AvgIpc) is 3.17. The Kier molecular flexibility index (Phi) is 3.22. The molecule has 2 heterocycles. The Balaban J connectivity index is 1.87. The summed E-state index contributed by atoms with van der Waals surface area (Å²) in [6.07, 6.45) is 5.83. The van der Waals surface area contributed by atoms with Gasteiger partial charge in [0.1, 0.15) is 6.61 Å². The zero-order valence-electron chi connectivity index (χ0n) is 10.0. The lowest BCUT2D eigenvalue weighted by atomic mass is 10.1. The normalized spacial score (nSPS) is 24.4. The molecule has 5 heteroatoms. The largest absolute Gasteiger partial charge is 0.369 e. The van der Waals surface area contributed by atoms with Crippen molar-refractivity contribution in [2.75, 3.05) is 19.8 Å². The molecule has 1 saturated heterocycles. The number of nitrogens with zero attached hydrogens (tertiary/aromatic N) is 2. The van der Waals surface area contributed by atoms with E-state index in [9.17, 15) is 4.79 Å². The molecule has 1 aromatic rings. The topological polar surface area (TPSA) is 42.4 Å². The monoisotopic (exact) mass is 266 g/mol. The second-order valence-corrected chi connectivity index (χ2v) is 5.32. The number of carbonyl (C=O) groups excluding carboxylic acids is 1. The lowest BCUT2D eigenvalue weighted by Crippen LogP contribution is -2.45. The number of halogens is 1. The summed E-state index contributed by atoms with van der Waals surface area (Å²) in [4.78, 5) is 18.0. The van der Waals surface area contributed by atoms with Crippen LogP contribution in [-0.2, 0) is 9.53 Å². The average molecular weight is 267 g/mol. The van der Waals surface area contributed by atoms with Gasteiger partial charge in [0.2, 0.25) is 5.91 Å². The van der Waals surface area contributed by atoms with Gasteiger partial charge in [0.25, 0.3) is 0 Å². The standard InChI is InChI=1S/C13H15ClN2O2/c14-11-3-4-15-5-10(11)12-7-18-8-13(17)16(12)6-9-1-2-9/h3-5,9,12H,1-2,6-8H2. The van der Waals surface area contributed by atoms with Gasteiger partial charge in [0, 0.05) is 29.5 Å². The highest BCUT2D eigenvalue weighted by Crippen LogP contribution is 2.35. The van der Waals surface area contributed by atoms with Crippen molar-refractivity contribution >= 4 is 17.5 Å². The maximum Gasteiger partial charge on any atom is 0.249 e. The minimum Gasteiger partial charge on any atom is -0.369 e. The molecule has 1 unspecified atom stereocenters. The molecule has 2 fully saturated rings. The first-order chi connectivity index (χ1) is 8.75. The predicted molar refractivity (Wildman–Crippen MR) is 67.2 cm³/mol. The summed E-state index contributed by atoms with van der Waals surface area (Å²) in [5.74, 6) is 0.711. The Morgan fingerprint density at radius 3 is 3.06 bits per heavy atom. The van der Waals surface area contributed by atoms with E-state index >= 15 is 0 Å². The van der Waals surface area contributed by atoms with Gasteiger partial charge in [0.15, 0.2) is 0 Å². The van der Waals surface area contributed by atoms with E-state index in [1.807, 2.05) is 4.90 Å². The van der Waals surface area contributed by atoms with Gasteiger partial charge in [-0.3, -0.25) is 9.78 Å². The second kappa shape index (κ2) is 4.86. The first kappa shape index (κ1) is 11.9. The van der Waals surface area contributed by atoms with Crippen LogP contribution in [0.2, 0.25) is 5.02 Å². The van der Waals surface area contributed by atoms with E-state index in [4.69, 9.17) is 16.3 Å². The van der Waals surface area contributed by atoms with Gasteiger partial charge >= 0.3 is 0 Å². The molecule has 18 heavy (non-hydrogen) atoms. The van der Waals surface area contributed by atoms with Crippen LogP contribution >= 0.6 is 11.6 Å². The van der Waals surface area contributed by atoms with Crippen LogP contribution in [0, 0.1) is 5.92 Å². The van der Waals surface area contributed by atoms with Crippen molar-refractivity contribution in [1.82, 2.24) is 9.88 Å². The molecular weight excluding hydrogens is 252 g/mol. The van der Waals surface area contributed by atoms with Crippen LogP contribution in [-0.4, -0.2) is 35.5 Å². The number of rotatable bonds is 3. The van der Waals surface area contributed by atoms with Crippen molar-refractivity contribution < 1.29 is 9.53 Å². The molecule has 1 amide bonds. The molecular formula is C13H15ClN2O2. The van der Waals surface area contributed by atoms with E-state index in [-0.39, 0.29) is 18.6 Å². The highest BCUT2D eigenvalue weighted by Gasteiger charge is 2.35. The Hall–Kier alpha value is -1.13. The van der Waals surface area contributed by atoms with Gasteiger partial charge in [-0.05, 0) is 24.8 Å². The van der Waals surface area contributed by atoms with Crippen LogP contribution in [0.5, 0.6) is 0 Å². The van der Waals surface area contributed by atoms with Crippen molar-refractivity contribution in [3.63, 3.8) is 0 Å². The predicted octanol–water partition coefficient (Wildman–Crippen LogP) is 2.04. The van der Waals surface area contributed by atoms with E-state index in [1.165, 1.54) is 12.8 Å². The summed E-state index contributed by atoms with van der Waals surface area (Å²) in [5, 5.41) is 0.647. The highest BCUT2D eigenvalue weighted by molar-refractivity contribution is 6.31. The number of amides is 1. The fourth-order valence-corrected chi connectivity index (χ4v) is 2.54. The molecule has 1 saturated carbocycles. The molecule has 0 spiro atoms. The lowest BCUT2D eigenvalue weighted by molar-refractivity contribution is -0.148. The van der Waals surface area contributed by atoms with Crippen molar-refractivity contribution in [2.24, 2.45) is 5.92 Å². The third kappa shape index (κ3) is 2.35. The Bertz CT molecular complexity index is 462. The van der Waals surface area contributed by atoms with E-state index in [0.29, 0.717) is 17.5 Å². The number of morpholine rings is 1. The molecule has 1 aromatic heterocycles. The summed E-state index contributed by atoms with van der Waals surface area (Å²) in [6.45, 7) is 1.50. The van der Waals surface area contributed by atoms with E-state index in [2.05, 4.69) is 4.98 Å². The van der Waals surface area contributed by atoms with E-state index in [1.54, 1.807) is 18.5 Å². The second-order valence-electron chi connectivity index (χ2n) is 4.92. The fraction of sp³-hybridized carbons (Fsp3) is 0.538. The van der Waals surface area contributed by atoms with Crippen molar-refractivity contribution in [1.29, 1.82) is 0 Å². The number of aromatic nitrogens is 1. The van der Waals surface area contributed by atoms with Crippen molar-refractivity contribution in [3.8, 4) is 0 Å². The smallest absolute Gasteiger partial charge is 0.249 e. The maximum absolute atomic E-state index is 12.0. The molecule has 3 rings (SSSR count). The fourth-order valence-electron chi connectivity index (χ4n) is 2.30. The first-order valence-corrected chi connectivity index (χ1v) is 6.60. The van der Waals surface area contributed by atoms with Gasteiger partial charge in [-0.25, -0.2) is 0 Å². The maximum atomic E-state index is 12.0. The number of hydrogen-bond donors (Lipinski definition) is 0. The third-order valence-electron chi connectivity index (χ3n) is 3.50. The Morgan fingerprint density at radius 2 is 2.33 bits per heavy atom. The summed E-state index contributed by atoms with van der Waals surface area (Å²) >= 11 is 6.19. The van der Waals surface area contributed by atoms with Crippen LogP contribution in [0.25, 0.3) is 0 Å². The first-order valence-electron chi connectivity index (χ1n) is 6.22. The summed E-state index contributed by atoms with van der Waals surface area (Å²) in [6, 6.07) is 1.67. The number of ether oxygens (including phenoxy) is 1. The molecule has 0 bridgehead atoms. The Morgan fingerprint density at radius 1 is 1.50 bits per heavy atom. The van der Waals surface area contributed by atoms with Gasteiger partial charge in [-0.15, -0.1) is 0 Å². The molecule has 1 atom stereocenters. The number of pyridine rings is 1. The Labute approximate surface area is 111 Å². The minimum atomic E-state index is -0.0898. The van der Waals surface area contributed by atoms with Gasteiger partial charge < -0.3 is 9.64 Å². The van der Waals surface area contributed by atoms with Crippen LogP contribution < -0.4 is 0 Å². The summed E-state index contributed by atoms with van der Waals surface area (Å²) < 4.78 is 5.36. The molecule has 2 aliphatic rings. The summed E-state index contributed by atoms with van der Waals surface area (Å²) in [7, 11) is 0. The van der Waals surface area contributed by atoms with E-state index in [0.717, 1.165) is 12.1 Å². The van der Waals surface area contributed by atoms with Crippen molar-refractivity contribution in [2.45, 2.75) is 18.9 Å². The quantitative estimate of drug-likeness (QED) is 0.841. The van der Waals surface area contributed by atoms with Gasteiger partial charge in [0.05, 0.1) is 12.6 Å². The van der Waals surface area contributed by atoms with Crippen LogP contribution in [0.3, 0.4) is 0 Å². The van der Waals surface area contributed by atoms with Gasteiger partial charge in [-0.2, -0.15) is 0 Å². The van der Waals surface area contributed by atoms with Crippen LogP contribution in [0.4, 0.5) is 0 Å². The highest BCUT2D eigenvalue weighted by atomic mass is 35.5. The number of hydrogen-bond acceptors (Lipinski definition) is 3. The molecule has 0 N–H and O–H groups in total. The zero-order valence-corrected chi connectivity index (χ0v) is 10.8. The van der Waals surface area contributed by atoms with Crippen LogP contribution in [0.15, 0.2) is 18.5 Å². The third-order valence-corrected chi connectivity index (χ3v) is 3.85. The molecule has 0 aromatic carbocycles. The van der Waals surface area contributed by atoms with Crippen LogP contribution in [0.1, 0.15) is 24.4 Å². The number of carbonyl (C=O) groups is 1. The lowest BCUT2D eigenvalue weighted by Gasteiger charge is -2.36. The molecule has 0 radical (unpaired) electrons. The van der Waals surface area contributed by atoms with Gasteiger partial charge in [-0.1, -0.05) is 11.6 Å².